The number of hydrogen-bond donors (Lipinski definition) is 3. The van der Waals surface area contributed by atoms with Crippen molar-refractivity contribution in [2.24, 2.45) is 0 Å². The Labute approximate surface area is 123 Å². The predicted octanol–water partition coefficient (Wildman–Crippen LogP) is 1.60. The lowest BCUT2D eigenvalue weighted by Crippen LogP contribution is -2.14. The Morgan fingerprint density at radius 2 is 1.90 bits per heavy atom. The SMILES string of the molecule is CC(C)Oc1nc(N)nc(NCCc2ccc(O)cc2)n1. The Balaban J connectivity index is 1.93. The maximum atomic E-state index is 9.22. The van der Waals surface area contributed by atoms with Crippen molar-refractivity contribution >= 4 is 11.9 Å². The molecule has 21 heavy (non-hydrogen) atoms. The number of rotatable bonds is 6. The summed E-state index contributed by atoms with van der Waals surface area (Å²) < 4.78 is 5.40. The summed E-state index contributed by atoms with van der Waals surface area (Å²) in [6.45, 7) is 4.41. The van der Waals surface area contributed by atoms with E-state index in [1.165, 1.54) is 0 Å². The third kappa shape index (κ3) is 4.79. The van der Waals surface area contributed by atoms with Gasteiger partial charge in [0.2, 0.25) is 11.9 Å². The van der Waals surface area contributed by atoms with Crippen LogP contribution in [0.5, 0.6) is 11.8 Å². The molecule has 0 bridgehead atoms. The standard InChI is InChI=1S/C14H19N5O2/c1-9(2)21-14-18-12(15)17-13(19-14)16-8-7-10-3-5-11(20)6-4-10/h3-6,9,20H,7-8H2,1-2H3,(H3,15,16,17,18,19). The van der Waals surface area contributed by atoms with Crippen LogP contribution in [-0.4, -0.2) is 32.7 Å². The summed E-state index contributed by atoms with van der Waals surface area (Å²) in [7, 11) is 0. The topological polar surface area (TPSA) is 106 Å². The Bertz CT molecular complexity index is 586. The van der Waals surface area contributed by atoms with Crippen LogP contribution >= 0.6 is 0 Å². The third-order valence-corrected chi connectivity index (χ3v) is 2.61. The summed E-state index contributed by atoms with van der Waals surface area (Å²) in [5, 5.41) is 12.3. The number of aromatic hydroxyl groups is 1. The number of nitrogens with one attached hydrogen (secondary N) is 1. The molecular formula is C14H19N5O2. The second-order valence-electron chi connectivity index (χ2n) is 4.81. The number of nitrogen functional groups attached to an aromatic ring is 1. The summed E-state index contributed by atoms with van der Waals surface area (Å²) in [6, 6.07) is 7.26. The molecule has 0 amide bonds. The van der Waals surface area contributed by atoms with Gasteiger partial charge in [0.05, 0.1) is 6.10 Å². The fourth-order valence-electron chi connectivity index (χ4n) is 1.70. The van der Waals surface area contributed by atoms with Crippen molar-refractivity contribution in [3.8, 4) is 11.8 Å². The van der Waals surface area contributed by atoms with Gasteiger partial charge in [0.15, 0.2) is 0 Å². The number of aromatic nitrogens is 3. The van der Waals surface area contributed by atoms with Crippen molar-refractivity contribution in [3.05, 3.63) is 29.8 Å². The lowest BCUT2D eigenvalue weighted by Gasteiger charge is -2.10. The first-order valence-corrected chi connectivity index (χ1v) is 6.73. The van der Waals surface area contributed by atoms with E-state index in [0.717, 1.165) is 12.0 Å². The van der Waals surface area contributed by atoms with Crippen LogP contribution in [0.4, 0.5) is 11.9 Å². The molecule has 0 aliphatic heterocycles. The van der Waals surface area contributed by atoms with Gasteiger partial charge in [-0.25, -0.2) is 0 Å². The quantitative estimate of drug-likeness (QED) is 0.741. The molecule has 1 aromatic carbocycles. The van der Waals surface area contributed by atoms with Crippen LogP contribution in [0, 0.1) is 0 Å². The highest BCUT2D eigenvalue weighted by molar-refractivity contribution is 5.33. The van der Waals surface area contributed by atoms with Gasteiger partial charge in [0.25, 0.3) is 0 Å². The predicted molar refractivity (Wildman–Crippen MR) is 80.3 cm³/mol. The second-order valence-corrected chi connectivity index (χ2v) is 4.81. The van der Waals surface area contributed by atoms with Crippen LogP contribution in [0.25, 0.3) is 0 Å². The van der Waals surface area contributed by atoms with E-state index >= 15 is 0 Å². The normalized spacial score (nSPS) is 10.6. The van der Waals surface area contributed by atoms with Crippen LogP contribution in [0.1, 0.15) is 19.4 Å². The van der Waals surface area contributed by atoms with E-state index in [2.05, 4.69) is 20.3 Å². The minimum atomic E-state index is -0.0309. The lowest BCUT2D eigenvalue weighted by atomic mass is 10.1. The number of phenolic OH excluding ortho intramolecular Hbond substituents is 1. The molecule has 0 fully saturated rings. The molecule has 0 unspecified atom stereocenters. The zero-order valence-electron chi connectivity index (χ0n) is 12.1. The molecule has 2 rings (SSSR count). The Hall–Kier alpha value is -2.57. The van der Waals surface area contributed by atoms with E-state index in [0.29, 0.717) is 12.5 Å². The number of phenols is 1. The van der Waals surface area contributed by atoms with Crippen molar-refractivity contribution in [1.29, 1.82) is 0 Å². The molecule has 0 spiro atoms. The van der Waals surface area contributed by atoms with Crippen molar-refractivity contribution in [1.82, 2.24) is 15.0 Å². The van der Waals surface area contributed by atoms with Gasteiger partial charge in [0.1, 0.15) is 5.75 Å². The monoisotopic (exact) mass is 289 g/mol. The van der Waals surface area contributed by atoms with E-state index in [1.807, 2.05) is 26.0 Å². The first-order chi connectivity index (χ1) is 10.0. The molecule has 0 radical (unpaired) electrons. The van der Waals surface area contributed by atoms with E-state index < -0.39 is 0 Å². The minimum Gasteiger partial charge on any atom is -0.508 e. The van der Waals surface area contributed by atoms with Crippen molar-refractivity contribution in [2.45, 2.75) is 26.4 Å². The first kappa shape index (κ1) is 14.8. The minimum absolute atomic E-state index is 0.0309. The highest BCUT2D eigenvalue weighted by Crippen LogP contribution is 2.12. The molecule has 2 aromatic rings. The van der Waals surface area contributed by atoms with Crippen LogP contribution in [-0.2, 0) is 6.42 Å². The van der Waals surface area contributed by atoms with Gasteiger partial charge in [-0.05, 0) is 38.0 Å². The Morgan fingerprint density at radius 1 is 1.19 bits per heavy atom. The smallest absolute Gasteiger partial charge is 0.323 e. The Morgan fingerprint density at radius 3 is 2.57 bits per heavy atom. The zero-order valence-corrected chi connectivity index (χ0v) is 12.1. The number of nitrogens with two attached hydrogens (primary N) is 1. The summed E-state index contributed by atoms with van der Waals surface area (Å²) in [5.74, 6) is 0.761. The summed E-state index contributed by atoms with van der Waals surface area (Å²) in [5.41, 5.74) is 6.72. The molecule has 0 atom stereocenters. The van der Waals surface area contributed by atoms with Crippen LogP contribution in [0.3, 0.4) is 0 Å². The largest absolute Gasteiger partial charge is 0.508 e. The maximum absolute atomic E-state index is 9.22. The molecule has 0 saturated carbocycles. The maximum Gasteiger partial charge on any atom is 0.323 e. The summed E-state index contributed by atoms with van der Waals surface area (Å²) >= 11 is 0. The number of ether oxygens (including phenoxy) is 1. The molecule has 7 nitrogen and oxygen atoms in total. The van der Waals surface area contributed by atoms with Crippen molar-refractivity contribution in [2.75, 3.05) is 17.6 Å². The van der Waals surface area contributed by atoms with E-state index in [4.69, 9.17) is 10.5 Å². The fourth-order valence-corrected chi connectivity index (χ4v) is 1.70. The molecule has 1 heterocycles. The van der Waals surface area contributed by atoms with Gasteiger partial charge in [0, 0.05) is 6.54 Å². The van der Waals surface area contributed by atoms with Crippen LogP contribution in [0.2, 0.25) is 0 Å². The van der Waals surface area contributed by atoms with E-state index in [1.54, 1.807) is 12.1 Å². The molecular weight excluding hydrogens is 270 g/mol. The van der Waals surface area contributed by atoms with Crippen molar-refractivity contribution < 1.29 is 9.84 Å². The average Bonchev–Trinajstić information content (AvgIpc) is 2.39. The van der Waals surface area contributed by atoms with Crippen LogP contribution in [0.15, 0.2) is 24.3 Å². The van der Waals surface area contributed by atoms with Gasteiger partial charge in [-0.3, -0.25) is 0 Å². The van der Waals surface area contributed by atoms with Crippen molar-refractivity contribution in [3.63, 3.8) is 0 Å². The van der Waals surface area contributed by atoms with Gasteiger partial charge in [-0.2, -0.15) is 15.0 Å². The lowest BCUT2D eigenvalue weighted by molar-refractivity contribution is 0.222. The van der Waals surface area contributed by atoms with E-state index in [9.17, 15) is 5.11 Å². The van der Waals surface area contributed by atoms with Gasteiger partial charge in [-0.1, -0.05) is 12.1 Å². The molecule has 112 valence electrons. The number of hydrogen-bond acceptors (Lipinski definition) is 7. The van der Waals surface area contributed by atoms with E-state index in [-0.39, 0.29) is 23.8 Å². The third-order valence-electron chi connectivity index (χ3n) is 2.61. The highest BCUT2D eigenvalue weighted by atomic mass is 16.5. The Kier molecular flexibility index (Phi) is 4.76. The average molecular weight is 289 g/mol. The number of nitrogens with zero attached hydrogens (tertiary/aromatic N) is 3. The summed E-state index contributed by atoms with van der Waals surface area (Å²) in [6.07, 6.45) is 0.739. The fraction of sp³-hybridized carbons (Fsp3) is 0.357. The molecule has 4 N–H and O–H groups in total. The van der Waals surface area contributed by atoms with Gasteiger partial charge >= 0.3 is 6.01 Å². The van der Waals surface area contributed by atoms with Gasteiger partial charge < -0.3 is 20.9 Å². The summed E-state index contributed by atoms with van der Waals surface area (Å²) in [4.78, 5) is 12.1. The van der Waals surface area contributed by atoms with Crippen LogP contribution < -0.4 is 15.8 Å². The molecule has 0 saturated heterocycles. The molecule has 0 aliphatic carbocycles. The molecule has 1 aromatic heterocycles. The number of anilines is 2. The highest BCUT2D eigenvalue weighted by Gasteiger charge is 2.06. The first-order valence-electron chi connectivity index (χ1n) is 6.73. The zero-order chi connectivity index (χ0) is 15.2. The van der Waals surface area contributed by atoms with Gasteiger partial charge in [-0.15, -0.1) is 0 Å². The number of benzene rings is 1. The second kappa shape index (κ2) is 6.74. The molecule has 7 heteroatoms. The molecule has 0 aliphatic rings.